The number of ether oxygens (including phenoxy) is 2. The molecule has 1 aliphatic heterocycles. The maximum atomic E-state index is 11.0. The Morgan fingerprint density at radius 1 is 0.800 bits per heavy atom. The molecular formula is C22H36O3. The van der Waals surface area contributed by atoms with Crippen LogP contribution in [0.4, 0.5) is 0 Å². The standard InChI is InChI=1S/C22H36O3/c1-19-10-11-22(24-12-13-25-22)14-15(19)4-5-16-17(19)6-8-20(2)18(16)7-9-21(20,3)23/h15-18,23H,4-14H2,1-3H3/t15-,16-,17-,18+,19+,20+,21-/m0/s1. The van der Waals surface area contributed by atoms with Crippen LogP contribution in [0.5, 0.6) is 0 Å². The van der Waals surface area contributed by atoms with Crippen molar-refractivity contribution in [2.45, 2.75) is 89.9 Å². The van der Waals surface area contributed by atoms with Crippen LogP contribution < -0.4 is 0 Å². The van der Waals surface area contributed by atoms with Crippen LogP contribution in [0.1, 0.15) is 78.6 Å². The first-order valence-electron chi connectivity index (χ1n) is 10.8. The van der Waals surface area contributed by atoms with Crippen molar-refractivity contribution in [2.24, 2.45) is 34.5 Å². The molecule has 4 aliphatic carbocycles. The number of hydrogen-bond acceptors (Lipinski definition) is 3. The highest BCUT2D eigenvalue weighted by atomic mass is 16.7. The lowest BCUT2D eigenvalue weighted by atomic mass is 9.44. The SMILES string of the molecule is C[C@@]12CCC3(C[C@@H]1CC[C@@H]1[C@H]4CC[C@](C)(O)[C@]4(C)CC[C@@H]12)OCCO3. The molecule has 142 valence electrons. The van der Waals surface area contributed by atoms with Gasteiger partial charge >= 0.3 is 0 Å². The van der Waals surface area contributed by atoms with Crippen molar-refractivity contribution in [1.82, 2.24) is 0 Å². The summed E-state index contributed by atoms with van der Waals surface area (Å²) in [6, 6.07) is 0. The van der Waals surface area contributed by atoms with Crippen molar-refractivity contribution in [3.63, 3.8) is 0 Å². The zero-order valence-corrected chi connectivity index (χ0v) is 16.4. The fourth-order valence-corrected chi connectivity index (χ4v) is 8.20. The molecule has 1 saturated heterocycles. The molecule has 1 N–H and O–H groups in total. The second-order valence-corrected chi connectivity index (χ2v) is 10.7. The van der Waals surface area contributed by atoms with Crippen molar-refractivity contribution in [3.8, 4) is 0 Å². The van der Waals surface area contributed by atoms with E-state index < -0.39 is 5.60 Å². The molecule has 0 aromatic carbocycles. The predicted molar refractivity (Wildman–Crippen MR) is 97.0 cm³/mol. The first kappa shape index (κ1) is 17.0. The molecule has 0 unspecified atom stereocenters. The fraction of sp³-hybridized carbons (Fsp3) is 1.00. The number of rotatable bonds is 0. The van der Waals surface area contributed by atoms with Gasteiger partial charge in [-0.3, -0.25) is 0 Å². The minimum Gasteiger partial charge on any atom is -0.390 e. The third kappa shape index (κ3) is 2.15. The molecule has 0 radical (unpaired) electrons. The van der Waals surface area contributed by atoms with E-state index in [1.807, 2.05) is 0 Å². The molecule has 1 heterocycles. The van der Waals surface area contributed by atoms with Gasteiger partial charge in [0.1, 0.15) is 0 Å². The van der Waals surface area contributed by atoms with E-state index in [9.17, 15) is 5.11 Å². The van der Waals surface area contributed by atoms with Crippen LogP contribution >= 0.6 is 0 Å². The summed E-state index contributed by atoms with van der Waals surface area (Å²) in [6.45, 7) is 8.66. The van der Waals surface area contributed by atoms with Crippen LogP contribution in [0.3, 0.4) is 0 Å². The average molecular weight is 349 g/mol. The molecule has 0 aromatic rings. The highest BCUT2D eigenvalue weighted by Crippen LogP contribution is 2.69. The topological polar surface area (TPSA) is 38.7 Å². The van der Waals surface area contributed by atoms with E-state index in [0.29, 0.717) is 5.41 Å². The predicted octanol–water partition coefficient (Wildman–Crippen LogP) is 4.52. The molecule has 3 heteroatoms. The van der Waals surface area contributed by atoms with E-state index in [1.54, 1.807) is 0 Å². The van der Waals surface area contributed by atoms with Crippen molar-refractivity contribution in [2.75, 3.05) is 13.2 Å². The van der Waals surface area contributed by atoms with Crippen LogP contribution in [0.15, 0.2) is 0 Å². The van der Waals surface area contributed by atoms with Crippen molar-refractivity contribution < 1.29 is 14.6 Å². The van der Waals surface area contributed by atoms with Gasteiger partial charge in [0.25, 0.3) is 0 Å². The number of hydrogen-bond donors (Lipinski definition) is 1. The smallest absolute Gasteiger partial charge is 0.168 e. The summed E-state index contributed by atoms with van der Waals surface area (Å²) in [4.78, 5) is 0. The molecule has 5 rings (SSSR count). The van der Waals surface area contributed by atoms with E-state index in [-0.39, 0.29) is 11.2 Å². The maximum Gasteiger partial charge on any atom is 0.168 e. The van der Waals surface area contributed by atoms with Gasteiger partial charge in [0.2, 0.25) is 0 Å². The summed E-state index contributed by atoms with van der Waals surface area (Å²) in [6.07, 6.45) is 10.9. The average Bonchev–Trinajstić information content (AvgIpc) is 3.11. The molecule has 3 nitrogen and oxygen atoms in total. The van der Waals surface area contributed by atoms with Gasteiger partial charge in [-0.25, -0.2) is 0 Å². The Kier molecular flexibility index (Phi) is 3.56. The van der Waals surface area contributed by atoms with Crippen LogP contribution in [0.25, 0.3) is 0 Å². The number of fused-ring (bicyclic) bond motifs is 5. The van der Waals surface area contributed by atoms with E-state index in [4.69, 9.17) is 9.47 Å². The minimum atomic E-state index is -0.456. The van der Waals surface area contributed by atoms with Crippen LogP contribution in [-0.4, -0.2) is 29.7 Å². The largest absolute Gasteiger partial charge is 0.390 e. The lowest BCUT2D eigenvalue weighted by Gasteiger charge is -2.62. The third-order valence-electron chi connectivity index (χ3n) is 10.0. The molecule has 5 fully saturated rings. The lowest BCUT2D eigenvalue weighted by Crippen LogP contribution is -2.57. The lowest BCUT2D eigenvalue weighted by molar-refractivity contribution is -0.232. The Bertz CT molecular complexity index is 551. The highest BCUT2D eigenvalue weighted by molar-refractivity contribution is 5.13. The Morgan fingerprint density at radius 2 is 1.52 bits per heavy atom. The summed E-state index contributed by atoms with van der Waals surface area (Å²) >= 11 is 0. The van der Waals surface area contributed by atoms with Gasteiger partial charge in [0.15, 0.2) is 5.79 Å². The van der Waals surface area contributed by atoms with Gasteiger partial charge in [-0.1, -0.05) is 13.8 Å². The summed E-state index contributed by atoms with van der Waals surface area (Å²) in [5.41, 5.74) is 0.146. The van der Waals surface area contributed by atoms with Gasteiger partial charge in [0, 0.05) is 12.8 Å². The Morgan fingerprint density at radius 3 is 2.28 bits per heavy atom. The van der Waals surface area contributed by atoms with Crippen LogP contribution in [0, 0.1) is 34.5 Å². The quantitative estimate of drug-likeness (QED) is 0.699. The second kappa shape index (κ2) is 5.23. The molecular weight excluding hydrogens is 312 g/mol. The van der Waals surface area contributed by atoms with E-state index in [1.165, 1.54) is 38.5 Å². The minimum absolute atomic E-state index is 0.144. The summed E-state index contributed by atoms with van der Waals surface area (Å²) < 4.78 is 12.1. The second-order valence-electron chi connectivity index (χ2n) is 10.7. The number of aliphatic hydroxyl groups is 1. The monoisotopic (exact) mass is 348 g/mol. The van der Waals surface area contributed by atoms with Gasteiger partial charge in [-0.05, 0) is 86.4 Å². The molecule has 0 bridgehead atoms. The Labute approximate surface area is 152 Å². The Hall–Kier alpha value is -0.120. The first-order valence-corrected chi connectivity index (χ1v) is 10.8. The van der Waals surface area contributed by atoms with Crippen molar-refractivity contribution in [3.05, 3.63) is 0 Å². The van der Waals surface area contributed by atoms with Crippen molar-refractivity contribution >= 4 is 0 Å². The summed E-state index contributed by atoms with van der Waals surface area (Å²) in [7, 11) is 0. The molecule has 5 aliphatic rings. The summed E-state index contributed by atoms with van der Waals surface area (Å²) in [5, 5.41) is 11.0. The van der Waals surface area contributed by atoms with Gasteiger partial charge in [0.05, 0.1) is 18.8 Å². The van der Waals surface area contributed by atoms with E-state index in [2.05, 4.69) is 20.8 Å². The highest BCUT2D eigenvalue weighted by Gasteiger charge is 2.64. The van der Waals surface area contributed by atoms with Crippen molar-refractivity contribution in [1.29, 1.82) is 0 Å². The molecule has 25 heavy (non-hydrogen) atoms. The fourth-order valence-electron chi connectivity index (χ4n) is 8.20. The molecule has 0 aromatic heterocycles. The third-order valence-corrected chi connectivity index (χ3v) is 10.0. The van der Waals surface area contributed by atoms with Crippen LogP contribution in [0.2, 0.25) is 0 Å². The Balaban J connectivity index is 1.41. The van der Waals surface area contributed by atoms with Gasteiger partial charge in [-0.15, -0.1) is 0 Å². The zero-order valence-electron chi connectivity index (χ0n) is 16.4. The van der Waals surface area contributed by atoms with Gasteiger partial charge in [-0.2, -0.15) is 0 Å². The maximum absolute atomic E-state index is 11.0. The molecule has 0 amide bonds. The van der Waals surface area contributed by atoms with Gasteiger partial charge < -0.3 is 14.6 Å². The summed E-state index contributed by atoms with van der Waals surface area (Å²) in [5.74, 6) is 2.92. The zero-order chi connectivity index (χ0) is 17.5. The first-order chi connectivity index (χ1) is 11.8. The normalized spacial score (nSPS) is 57.1. The van der Waals surface area contributed by atoms with E-state index >= 15 is 0 Å². The van der Waals surface area contributed by atoms with Crippen LogP contribution in [-0.2, 0) is 9.47 Å². The molecule has 4 saturated carbocycles. The van der Waals surface area contributed by atoms with E-state index in [0.717, 1.165) is 56.1 Å². The molecule has 7 atom stereocenters. The molecule has 1 spiro atoms.